The zero-order chi connectivity index (χ0) is 17.1. The molecule has 0 unspecified atom stereocenters. The zero-order valence-corrected chi connectivity index (χ0v) is 15.2. The number of aromatic nitrogens is 2. The Morgan fingerprint density at radius 2 is 2.08 bits per heavy atom. The van der Waals surface area contributed by atoms with Crippen molar-refractivity contribution in [2.75, 3.05) is 19.6 Å². The van der Waals surface area contributed by atoms with Crippen LogP contribution in [0.3, 0.4) is 0 Å². The standard InChI is InChI=1S/C19H24N4OS/c24-18-5-7-19(14-23(18)11-16-4-1-2-8-20-16)6-3-9-22(13-19)10-17-12-25-15-21-17/h1-2,4,8,12,15H,3,5-7,9-11,13-14H2/t19-/m0/s1. The highest BCUT2D eigenvalue weighted by molar-refractivity contribution is 7.07. The van der Waals surface area contributed by atoms with Gasteiger partial charge in [-0.25, -0.2) is 4.98 Å². The first-order valence-corrected chi connectivity index (χ1v) is 9.94. The van der Waals surface area contributed by atoms with E-state index in [1.54, 1.807) is 17.5 Å². The molecule has 4 rings (SSSR count). The highest BCUT2D eigenvalue weighted by atomic mass is 32.1. The molecule has 2 saturated heterocycles. The molecule has 1 amide bonds. The first-order valence-electron chi connectivity index (χ1n) is 9.00. The second-order valence-electron chi connectivity index (χ2n) is 7.36. The van der Waals surface area contributed by atoms with E-state index in [9.17, 15) is 4.79 Å². The van der Waals surface area contributed by atoms with E-state index >= 15 is 0 Å². The lowest BCUT2D eigenvalue weighted by molar-refractivity contribution is -0.140. The summed E-state index contributed by atoms with van der Waals surface area (Å²) in [6.07, 6.45) is 5.90. The van der Waals surface area contributed by atoms with Gasteiger partial charge in [-0.05, 0) is 37.9 Å². The first-order chi connectivity index (χ1) is 12.2. The summed E-state index contributed by atoms with van der Waals surface area (Å²) in [5, 5.41) is 2.14. The SMILES string of the molecule is O=C1CC[C@]2(CCCN(Cc3cscn3)C2)CN1Cc1ccccn1. The predicted molar refractivity (Wildman–Crippen MR) is 97.9 cm³/mol. The monoisotopic (exact) mass is 356 g/mol. The molecule has 5 nitrogen and oxygen atoms in total. The van der Waals surface area contributed by atoms with Crippen LogP contribution in [0, 0.1) is 5.41 Å². The summed E-state index contributed by atoms with van der Waals surface area (Å²) < 4.78 is 0. The Labute approximate surface area is 152 Å². The van der Waals surface area contributed by atoms with Gasteiger partial charge in [-0.1, -0.05) is 6.07 Å². The van der Waals surface area contributed by atoms with Crippen LogP contribution in [0.2, 0.25) is 0 Å². The Bertz CT molecular complexity index is 705. The molecular formula is C19H24N4OS. The maximum atomic E-state index is 12.4. The van der Waals surface area contributed by atoms with E-state index in [1.165, 1.54) is 18.5 Å². The molecule has 1 spiro atoms. The van der Waals surface area contributed by atoms with E-state index in [2.05, 4.69) is 20.2 Å². The number of hydrogen-bond acceptors (Lipinski definition) is 5. The molecule has 0 saturated carbocycles. The van der Waals surface area contributed by atoms with Crippen molar-refractivity contribution < 1.29 is 4.79 Å². The molecule has 1 atom stereocenters. The summed E-state index contributed by atoms with van der Waals surface area (Å²) >= 11 is 1.66. The van der Waals surface area contributed by atoms with E-state index in [-0.39, 0.29) is 11.3 Å². The van der Waals surface area contributed by atoms with E-state index in [1.807, 2.05) is 28.6 Å². The average Bonchev–Trinajstić information content (AvgIpc) is 3.13. The van der Waals surface area contributed by atoms with Crippen LogP contribution < -0.4 is 0 Å². The first kappa shape index (κ1) is 16.7. The minimum atomic E-state index is 0.233. The molecule has 0 aromatic carbocycles. The van der Waals surface area contributed by atoms with Crippen LogP contribution >= 0.6 is 11.3 Å². The van der Waals surface area contributed by atoms with E-state index in [4.69, 9.17) is 0 Å². The van der Waals surface area contributed by atoms with Gasteiger partial charge in [-0.15, -0.1) is 11.3 Å². The van der Waals surface area contributed by atoms with Crippen molar-refractivity contribution in [3.8, 4) is 0 Å². The molecule has 132 valence electrons. The minimum absolute atomic E-state index is 0.233. The largest absolute Gasteiger partial charge is 0.336 e. The van der Waals surface area contributed by atoms with E-state index in [0.717, 1.165) is 38.3 Å². The topological polar surface area (TPSA) is 49.3 Å². The van der Waals surface area contributed by atoms with Crippen LogP contribution in [0.15, 0.2) is 35.3 Å². The molecule has 2 aromatic rings. The van der Waals surface area contributed by atoms with Gasteiger partial charge in [-0.3, -0.25) is 14.7 Å². The average molecular weight is 356 g/mol. The molecule has 0 aliphatic carbocycles. The van der Waals surface area contributed by atoms with Crippen molar-refractivity contribution in [1.82, 2.24) is 19.8 Å². The van der Waals surface area contributed by atoms with Crippen molar-refractivity contribution in [1.29, 1.82) is 0 Å². The number of nitrogens with zero attached hydrogens (tertiary/aromatic N) is 4. The second kappa shape index (κ2) is 7.22. The quantitative estimate of drug-likeness (QED) is 0.845. The second-order valence-corrected chi connectivity index (χ2v) is 8.08. The fraction of sp³-hybridized carbons (Fsp3) is 0.526. The van der Waals surface area contributed by atoms with Crippen LogP contribution in [-0.2, 0) is 17.9 Å². The third kappa shape index (κ3) is 3.90. The Hall–Kier alpha value is -1.79. The third-order valence-corrected chi connectivity index (χ3v) is 6.07. The van der Waals surface area contributed by atoms with Crippen molar-refractivity contribution in [3.05, 3.63) is 46.7 Å². The number of likely N-dealkylation sites (tertiary alicyclic amines) is 2. The lowest BCUT2D eigenvalue weighted by Gasteiger charge is -2.48. The van der Waals surface area contributed by atoms with Gasteiger partial charge < -0.3 is 4.90 Å². The molecule has 2 fully saturated rings. The molecule has 6 heteroatoms. The Morgan fingerprint density at radius 3 is 2.88 bits per heavy atom. The van der Waals surface area contributed by atoms with Crippen LogP contribution in [0.25, 0.3) is 0 Å². The summed E-state index contributed by atoms with van der Waals surface area (Å²) in [6.45, 7) is 4.62. The predicted octanol–water partition coefficient (Wildman–Crippen LogP) is 2.94. The van der Waals surface area contributed by atoms with Gasteiger partial charge in [0.1, 0.15) is 0 Å². The van der Waals surface area contributed by atoms with Gasteiger partial charge in [0.25, 0.3) is 0 Å². The van der Waals surface area contributed by atoms with Crippen molar-refractivity contribution >= 4 is 17.2 Å². The fourth-order valence-electron chi connectivity index (χ4n) is 4.26. The van der Waals surface area contributed by atoms with Gasteiger partial charge in [0, 0.05) is 43.0 Å². The van der Waals surface area contributed by atoms with Gasteiger partial charge in [0.15, 0.2) is 0 Å². The van der Waals surface area contributed by atoms with Crippen molar-refractivity contribution in [2.24, 2.45) is 5.41 Å². The number of carbonyl (C=O) groups excluding carboxylic acids is 1. The summed E-state index contributed by atoms with van der Waals surface area (Å²) in [5.41, 5.74) is 4.28. The molecule has 4 heterocycles. The maximum absolute atomic E-state index is 12.4. The van der Waals surface area contributed by atoms with Gasteiger partial charge in [-0.2, -0.15) is 0 Å². The summed E-state index contributed by atoms with van der Waals surface area (Å²) in [6, 6.07) is 5.91. The number of hydrogen-bond donors (Lipinski definition) is 0. The normalized spacial score (nSPS) is 24.8. The molecule has 0 N–H and O–H groups in total. The number of pyridine rings is 1. The van der Waals surface area contributed by atoms with Gasteiger partial charge in [0.2, 0.25) is 5.91 Å². The molecule has 2 aliphatic rings. The molecule has 25 heavy (non-hydrogen) atoms. The van der Waals surface area contributed by atoms with Crippen LogP contribution in [-0.4, -0.2) is 45.3 Å². The number of thiazole rings is 1. The zero-order valence-electron chi connectivity index (χ0n) is 14.4. The smallest absolute Gasteiger partial charge is 0.222 e. The Balaban J connectivity index is 1.44. The Kier molecular flexibility index (Phi) is 4.81. The molecular weight excluding hydrogens is 332 g/mol. The molecule has 2 aromatic heterocycles. The lowest BCUT2D eigenvalue weighted by atomic mass is 9.73. The lowest BCUT2D eigenvalue weighted by Crippen LogP contribution is -2.53. The van der Waals surface area contributed by atoms with Crippen LogP contribution in [0.5, 0.6) is 0 Å². The van der Waals surface area contributed by atoms with Gasteiger partial charge >= 0.3 is 0 Å². The maximum Gasteiger partial charge on any atom is 0.222 e. The summed E-state index contributed by atoms with van der Waals surface area (Å²) in [4.78, 5) is 25.8. The number of piperidine rings is 2. The van der Waals surface area contributed by atoms with Crippen molar-refractivity contribution in [3.63, 3.8) is 0 Å². The molecule has 2 aliphatic heterocycles. The minimum Gasteiger partial charge on any atom is -0.336 e. The third-order valence-electron chi connectivity index (χ3n) is 5.44. The Morgan fingerprint density at radius 1 is 1.12 bits per heavy atom. The number of carbonyl (C=O) groups is 1. The van der Waals surface area contributed by atoms with E-state index < -0.39 is 0 Å². The molecule has 0 bridgehead atoms. The van der Waals surface area contributed by atoms with Crippen LogP contribution in [0.1, 0.15) is 37.1 Å². The highest BCUT2D eigenvalue weighted by Gasteiger charge is 2.41. The number of rotatable bonds is 4. The highest BCUT2D eigenvalue weighted by Crippen LogP contribution is 2.39. The summed E-state index contributed by atoms with van der Waals surface area (Å²) in [5.74, 6) is 0.271. The van der Waals surface area contributed by atoms with Crippen molar-refractivity contribution in [2.45, 2.75) is 38.8 Å². The number of amides is 1. The molecule has 0 radical (unpaired) electrons. The van der Waals surface area contributed by atoms with Crippen LogP contribution in [0.4, 0.5) is 0 Å². The fourth-order valence-corrected chi connectivity index (χ4v) is 4.81. The van der Waals surface area contributed by atoms with E-state index in [0.29, 0.717) is 13.0 Å². The summed E-state index contributed by atoms with van der Waals surface area (Å²) in [7, 11) is 0. The van der Waals surface area contributed by atoms with Gasteiger partial charge in [0.05, 0.1) is 23.4 Å².